The summed E-state index contributed by atoms with van der Waals surface area (Å²) in [5, 5.41) is 11.9. The summed E-state index contributed by atoms with van der Waals surface area (Å²) in [4.78, 5) is 22.6. The SMILES string of the molecule is Cc1cccc2c(=O)c3cc([N+](=O)[O-])sc3sc12. The number of aryl methyl sites for hydroxylation is 1. The van der Waals surface area contributed by atoms with E-state index in [-0.39, 0.29) is 10.4 Å². The standard InChI is InChI=1S/C12H7NO3S2/c1-6-3-2-4-7-10(14)8-5-9(13(15)16)17-12(8)18-11(6)7/h2-5H,1H3. The van der Waals surface area contributed by atoms with Gasteiger partial charge in [-0.2, -0.15) is 0 Å². The summed E-state index contributed by atoms with van der Waals surface area (Å²) in [6.07, 6.45) is 0. The van der Waals surface area contributed by atoms with Crippen LogP contribution in [-0.2, 0) is 0 Å². The number of rotatable bonds is 1. The molecule has 2 heterocycles. The van der Waals surface area contributed by atoms with Gasteiger partial charge in [-0.05, 0) is 18.6 Å². The molecule has 0 unspecified atom stereocenters. The molecule has 2 aromatic heterocycles. The maximum absolute atomic E-state index is 12.3. The van der Waals surface area contributed by atoms with Crippen molar-refractivity contribution in [3.63, 3.8) is 0 Å². The molecule has 0 fully saturated rings. The summed E-state index contributed by atoms with van der Waals surface area (Å²) >= 11 is 2.51. The van der Waals surface area contributed by atoms with Crippen molar-refractivity contribution in [2.24, 2.45) is 0 Å². The maximum atomic E-state index is 12.3. The molecule has 6 heteroatoms. The predicted molar refractivity (Wildman–Crippen MR) is 74.9 cm³/mol. The number of fused-ring (bicyclic) bond motifs is 2. The number of thiophene rings is 1. The van der Waals surface area contributed by atoms with Gasteiger partial charge in [0, 0.05) is 16.2 Å². The lowest BCUT2D eigenvalue weighted by atomic mass is 10.1. The van der Waals surface area contributed by atoms with Crippen molar-refractivity contribution in [2.45, 2.75) is 6.92 Å². The molecule has 0 bridgehead atoms. The maximum Gasteiger partial charge on any atom is 0.326 e. The van der Waals surface area contributed by atoms with Gasteiger partial charge in [0.2, 0.25) is 0 Å². The largest absolute Gasteiger partial charge is 0.326 e. The lowest BCUT2D eigenvalue weighted by molar-refractivity contribution is -0.380. The molecule has 0 aliphatic heterocycles. The Morgan fingerprint density at radius 1 is 1.22 bits per heavy atom. The molecule has 0 saturated heterocycles. The van der Waals surface area contributed by atoms with E-state index >= 15 is 0 Å². The van der Waals surface area contributed by atoms with Crippen LogP contribution in [-0.4, -0.2) is 4.92 Å². The first-order chi connectivity index (χ1) is 8.58. The third kappa shape index (κ3) is 1.53. The second kappa shape index (κ2) is 3.86. The first-order valence-corrected chi connectivity index (χ1v) is 6.81. The first-order valence-electron chi connectivity index (χ1n) is 5.18. The molecule has 0 aliphatic rings. The van der Waals surface area contributed by atoms with E-state index in [1.165, 1.54) is 17.4 Å². The summed E-state index contributed by atoms with van der Waals surface area (Å²) in [6, 6.07) is 6.91. The Balaban J connectivity index is 2.53. The average molecular weight is 277 g/mol. The van der Waals surface area contributed by atoms with Crippen LogP contribution < -0.4 is 5.43 Å². The zero-order valence-corrected chi connectivity index (χ0v) is 10.9. The van der Waals surface area contributed by atoms with Crippen molar-refractivity contribution < 1.29 is 4.92 Å². The number of hydrogen-bond donors (Lipinski definition) is 0. The van der Waals surface area contributed by atoms with Crippen molar-refractivity contribution in [2.75, 3.05) is 0 Å². The molecular formula is C12H7NO3S2. The van der Waals surface area contributed by atoms with Gasteiger partial charge in [-0.3, -0.25) is 14.9 Å². The normalized spacial score (nSPS) is 11.2. The molecule has 1 aromatic carbocycles. The topological polar surface area (TPSA) is 60.2 Å². The molecule has 0 aliphatic carbocycles. The lowest BCUT2D eigenvalue weighted by Gasteiger charge is -1.99. The highest BCUT2D eigenvalue weighted by molar-refractivity contribution is 7.41. The van der Waals surface area contributed by atoms with Crippen LogP contribution in [0.4, 0.5) is 5.00 Å². The molecular weight excluding hydrogens is 270 g/mol. The smallest absolute Gasteiger partial charge is 0.288 e. The number of nitro groups is 1. The molecule has 0 radical (unpaired) electrons. The van der Waals surface area contributed by atoms with Crippen molar-refractivity contribution in [1.29, 1.82) is 0 Å². The van der Waals surface area contributed by atoms with E-state index in [0.29, 0.717) is 14.8 Å². The summed E-state index contributed by atoms with van der Waals surface area (Å²) in [7, 11) is 0. The minimum Gasteiger partial charge on any atom is -0.288 e. The minimum absolute atomic E-state index is 0.0197. The highest BCUT2D eigenvalue weighted by Crippen LogP contribution is 2.36. The molecule has 0 N–H and O–H groups in total. The third-order valence-corrected chi connectivity index (χ3v) is 5.29. The third-order valence-electron chi connectivity index (χ3n) is 2.76. The Kier molecular flexibility index (Phi) is 2.42. The zero-order chi connectivity index (χ0) is 12.9. The van der Waals surface area contributed by atoms with Gasteiger partial charge in [-0.1, -0.05) is 23.5 Å². The van der Waals surface area contributed by atoms with Crippen LogP contribution in [0.15, 0.2) is 29.1 Å². The Bertz CT molecular complexity index is 848. The van der Waals surface area contributed by atoms with E-state index < -0.39 is 4.92 Å². The summed E-state index contributed by atoms with van der Waals surface area (Å²) in [5.41, 5.74) is 0.902. The quantitative estimate of drug-likeness (QED) is 0.503. The van der Waals surface area contributed by atoms with Gasteiger partial charge in [0.15, 0.2) is 5.43 Å². The van der Waals surface area contributed by atoms with Crippen LogP contribution in [0.2, 0.25) is 0 Å². The van der Waals surface area contributed by atoms with Gasteiger partial charge in [0.25, 0.3) is 0 Å². The molecule has 0 atom stereocenters. The molecule has 0 spiro atoms. The highest BCUT2D eigenvalue weighted by Gasteiger charge is 2.16. The van der Waals surface area contributed by atoms with Crippen molar-refractivity contribution in [3.05, 3.63) is 50.2 Å². The molecule has 18 heavy (non-hydrogen) atoms. The van der Waals surface area contributed by atoms with Gasteiger partial charge in [-0.15, -0.1) is 11.3 Å². The Morgan fingerprint density at radius 3 is 2.72 bits per heavy atom. The fourth-order valence-corrected chi connectivity index (χ4v) is 4.21. The number of benzene rings is 1. The van der Waals surface area contributed by atoms with Gasteiger partial charge in [0.05, 0.1) is 14.3 Å². The zero-order valence-electron chi connectivity index (χ0n) is 9.30. The number of hydrogen-bond acceptors (Lipinski definition) is 5. The van der Waals surface area contributed by atoms with E-state index in [9.17, 15) is 14.9 Å². The minimum atomic E-state index is -0.450. The second-order valence-electron chi connectivity index (χ2n) is 3.93. The average Bonchev–Trinajstić information content (AvgIpc) is 2.75. The first kappa shape index (κ1) is 11.3. The Morgan fingerprint density at radius 2 is 2.00 bits per heavy atom. The molecule has 3 aromatic rings. The Hall–Kier alpha value is -1.79. The van der Waals surface area contributed by atoms with Crippen LogP contribution in [0.25, 0.3) is 19.5 Å². The predicted octanol–water partition coefficient (Wildman–Crippen LogP) is 3.69. The fourth-order valence-electron chi connectivity index (χ4n) is 1.89. The lowest BCUT2D eigenvalue weighted by Crippen LogP contribution is -1.99. The van der Waals surface area contributed by atoms with E-state index in [1.807, 2.05) is 19.1 Å². The number of nitrogens with zero attached hydrogens (tertiary/aromatic N) is 1. The van der Waals surface area contributed by atoms with Crippen LogP contribution in [0.5, 0.6) is 0 Å². The van der Waals surface area contributed by atoms with Crippen molar-refractivity contribution in [1.82, 2.24) is 0 Å². The van der Waals surface area contributed by atoms with E-state index in [0.717, 1.165) is 21.6 Å². The van der Waals surface area contributed by atoms with E-state index in [1.54, 1.807) is 6.07 Å². The van der Waals surface area contributed by atoms with Gasteiger partial charge in [0.1, 0.15) is 0 Å². The summed E-state index contributed by atoms with van der Waals surface area (Å²) in [5.74, 6) is 0. The molecule has 0 amide bonds. The fraction of sp³-hybridized carbons (Fsp3) is 0.0833. The summed E-state index contributed by atoms with van der Waals surface area (Å²) < 4.78 is 1.63. The van der Waals surface area contributed by atoms with Crippen LogP contribution in [0, 0.1) is 17.0 Å². The van der Waals surface area contributed by atoms with Crippen LogP contribution in [0.3, 0.4) is 0 Å². The van der Waals surface area contributed by atoms with Crippen molar-refractivity contribution >= 4 is 47.2 Å². The summed E-state index contributed by atoms with van der Waals surface area (Å²) in [6.45, 7) is 1.94. The Labute approximate surface area is 109 Å². The second-order valence-corrected chi connectivity index (χ2v) is 6.24. The highest BCUT2D eigenvalue weighted by atomic mass is 32.2. The monoisotopic (exact) mass is 277 g/mol. The van der Waals surface area contributed by atoms with Crippen LogP contribution >= 0.6 is 22.7 Å². The van der Waals surface area contributed by atoms with Crippen molar-refractivity contribution in [3.8, 4) is 0 Å². The molecule has 0 saturated carbocycles. The van der Waals surface area contributed by atoms with Gasteiger partial charge in [-0.25, -0.2) is 0 Å². The van der Waals surface area contributed by atoms with E-state index in [4.69, 9.17) is 0 Å². The van der Waals surface area contributed by atoms with Gasteiger partial charge < -0.3 is 0 Å². The van der Waals surface area contributed by atoms with E-state index in [2.05, 4.69) is 0 Å². The van der Waals surface area contributed by atoms with Gasteiger partial charge >= 0.3 is 5.00 Å². The molecule has 3 rings (SSSR count). The van der Waals surface area contributed by atoms with Crippen LogP contribution in [0.1, 0.15) is 5.56 Å². The molecule has 90 valence electrons. The molecule has 4 nitrogen and oxygen atoms in total.